The van der Waals surface area contributed by atoms with Gasteiger partial charge < -0.3 is 9.47 Å². The smallest absolute Gasteiger partial charge is 0.309 e. The van der Waals surface area contributed by atoms with Crippen molar-refractivity contribution in [1.29, 1.82) is 0 Å². The van der Waals surface area contributed by atoms with E-state index in [0.717, 1.165) is 10.5 Å². The molecule has 0 spiro atoms. The molecular formula is C27H36O4S. The molecule has 2 aromatic rings. The number of rotatable bonds is 9. The molecule has 32 heavy (non-hydrogen) atoms. The van der Waals surface area contributed by atoms with Crippen LogP contribution in [0, 0.1) is 5.92 Å². The van der Waals surface area contributed by atoms with Gasteiger partial charge in [-0.05, 0) is 72.1 Å². The van der Waals surface area contributed by atoms with Gasteiger partial charge in [-0.15, -0.1) is 11.8 Å². The first-order chi connectivity index (χ1) is 14.9. The Bertz CT molecular complexity index is 851. The summed E-state index contributed by atoms with van der Waals surface area (Å²) in [4.78, 5) is 26.6. The van der Waals surface area contributed by atoms with Gasteiger partial charge in [0.15, 0.2) is 0 Å². The average Bonchev–Trinajstić information content (AvgIpc) is 2.69. The van der Waals surface area contributed by atoms with E-state index in [1.165, 1.54) is 0 Å². The molecule has 0 bridgehead atoms. The van der Waals surface area contributed by atoms with E-state index in [2.05, 4.69) is 24.3 Å². The first-order valence-electron chi connectivity index (χ1n) is 11.1. The highest BCUT2D eigenvalue weighted by molar-refractivity contribution is 7.99. The van der Waals surface area contributed by atoms with Gasteiger partial charge in [-0.3, -0.25) is 9.59 Å². The quantitative estimate of drug-likeness (QED) is 0.301. The molecule has 2 atom stereocenters. The lowest BCUT2D eigenvalue weighted by atomic mass is 9.94. The second-order valence-electron chi connectivity index (χ2n) is 9.92. The third kappa shape index (κ3) is 9.90. The molecule has 2 aromatic carbocycles. The molecule has 0 N–H and O–H groups in total. The minimum atomic E-state index is -0.587. The van der Waals surface area contributed by atoms with E-state index >= 15 is 0 Å². The van der Waals surface area contributed by atoms with Crippen molar-refractivity contribution in [3.63, 3.8) is 0 Å². The highest BCUT2D eigenvalue weighted by Crippen LogP contribution is 2.41. The van der Waals surface area contributed by atoms with Crippen molar-refractivity contribution in [2.75, 3.05) is 0 Å². The Morgan fingerprint density at radius 3 is 1.88 bits per heavy atom. The zero-order valence-corrected chi connectivity index (χ0v) is 20.9. The van der Waals surface area contributed by atoms with Gasteiger partial charge in [-0.1, -0.05) is 48.5 Å². The lowest BCUT2D eigenvalue weighted by molar-refractivity contribution is -0.161. The predicted octanol–water partition coefficient (Wildman–Crippen LogP) is 6.99. The third-order valence-electron chi connectivity index (χ3n) is 4.55. The van der Waals surface area contributed by atoms with Crippen molar-refractivity contribution in [2.24, 2.45) is 5.92 Å². The summed E-state index contributed by atoms with van der Waals surface area (Å²) in [5.41, 5.74) is 0.0109. The fourth-order valence-corrected chi connectivity index (χ4v) is 4.51. The molecule has 0 fully saturated rings. The van der Waals surface area contributed by atoms with Gasteiger partial charge in [0.1, 0.15) is 11.2 Å². The van der Waals surface area contributed by atoms with Crippen LogP contribution in [0.1, 0.15) is 71.6 Å². The van der Waals surface area contributed by atoms with Crippen molar-refractivity contribution in [2.45, 2.75) is 82.2 Å². The van der Waals surface area contributed by atoms with Crippen LogP contribution < -0.4 is 0 Å². The van der Waals surface area contributed by atoms with Crippen LogP contribution in [-0.2, 0) is 19.1 Å². The summed E-state index contributed by atoms with van der Waals surface area (Å²) in [5.74, 6) is -0.975. The molecule has 2 rings (SSSR count). The number of hydrogen-bond donors (Lipinski definition) is 0. The molecule has 0 aliphatic rings. The van der Waals surface area contributed by atoms with Crippen LogP contribution in [0.25, 0.3) is 0 Å². The minimum absolute atomic E-state index is 0.0507. The van der Waals surface area contributed by atoms with Gasteiger partial charge in [0.05, 0.1) is 5.92 Å². The largest absolute Gasteiger partial charge is 0.460 e. The monoisotopic (exact) mass is 456 g/mol. The molecule has 0 amide bonds. The molecule has 0 aliphatic carbocycles. The maximum Gasteiger partial charge on any atom is 0.309 e. The Kier molecular flexibility index (Phi) is 9.38. The van der Waals surface area contributed by atoms with E-state index in [9.17, 15) is 9.59 Å². The van der Waals surface area contributed by atoms with Crippen LogP contribution in [0.2, 0.25) is 0 Å². The molecule has 0 saturated heterocycles. The first-order valence-corrected chi connectivity index (χ1v) is 12.0. The highest BCUT2D eigenvalue weighted by atomic mass is 32.2. The maximum absolute atomic E-state index is 13.1. The van der Waals surface area contributed by atoms with Crippen molar-refractivity contribution in [3.8, 4) is 0 Å². The Hall–Kier alpha value is -2.27. The number of esters is 2. The second kappa shape index (κ2) is 11.6. The van der Waals surface area contributed by atoms with Crippen molar-refractivity contribution in [3.05, 3.63) is 66.2 Å². The first kappa shape index (κ1) is 26.0. The summed E-state index contributed by atoms with van der Waals surface area (Å²) < 4.78 is 11.2. The second-order valence-corrected chi connectivity index (χ2v) is 11.2. The maximum atomic E-state index is 13.1. The van der Waals surface area contributed by atoms with Crippen LogP contribution in [-0.4, -0.2) is 23.1 Å². The van der Waals surface area contributed by atoms with E-state index in [-0.39, 0.29) is 23.6 Å². The summed E-state index contributed by atoms with van der Waals surface area (Å²) in [6.07, 6.45) is 1.14. The van der Waals surface area contributed by atoms with E-state index < -0.39 is 17.1 Å². The Labute approximate surface area is 197 Å². The van der Waals surface area contributed by atoms with E-state index in [4.69, 9.17) is 9.47 Å². The number of hydrogen-bond acceptors (Lipinski definition) is 5. The van der Waals surface area contributed by atoms with Crippen molar-refractivity contribution < 1.29 is 19.1 Å². The molecule has 0 saturated carbocycles. The van der Waals surface area contributed by atoms with Crippen LogP contribution in [0.4, 0.5) is 0 Å². The SMILES string of the molecule is CC(C)(C)OC(=O)CCC(CC(Sc1ccccc1)c1ccccc1)C(=O)OC(C)(C)C. The lowest BCUT2D eigenvalue weighted by Crippen LogP contribution is -2.30. The van der Waals surface area contributed by atoms with Crippen molar-refractivity contribution >= 4 is 23.7 Å². The molecule has 174 valence electrons. The number of carbonyl (C=O) groups excluding carboxylic acids is 2. The highest BCUT2D eigenvalue weighted by Gasteiger charge is 2.30. The third-order valence-corrected chi connectivity index (χ3v) is 5.84. The Morgan fingerprint density at radius 2 is 1.34 bits per heavy atom. The molecular weight excluding hydrogens is 420 g/mol. The summed E-state index contributed by atoms with van der Waals surface area (Å²) in [6, 6.07) is 20.3. The molecule has 4 nitrogen and oxygen atoms in total. The van der Waals surface area contributed by atoms with Crippen molar-refractivity contribution in [1.82, 2.24) is 0 Å². The van der Waals surface area contributed by atoms with Crippen LogP contribution in [0.3, 0.4) is 0 Å². The van der Waals surface area contributed by atoms with Gasteiger partial charge in [0.2, 0.25) is 0 Å². The minimum Gasteiger partial charge on any atom is -0.460 e. The lowest BCUT2D eigenvalue weighted by Gasteiger charge is -2.27. The average molecular weight is 457 g/mol. The summed E-state index contributed by atoms with van der Waals surface area (Å²) in [7, 11) is 0. The molecule has 5 heteroatoms. The molecule has 0 aliphatic heterocycles. The Morgan fingerprint density at radius 1 is 0.812 bits per heavy atom. The van der Waals surface area contributed by atoms with E-state index in [1.54, 1.807) is 11.8 Å². The molecule has 0 radical (unpaired) electrons. The fraction of sp³-hybridized carbons (Fsp3) is 0.481. The Balaban J connectivity index is 2.23. The topological polar surface area (TPSA) is 52.6 Å². The zero-order valence-electron chi connectivity index (χ0n) is 20.1. The van der Waals surface area contributed by atoms with Crippen LogP contribution >= 0.6 is 11.8 Å². The van der Waals surface area contributed by atoms with Gasteiger partial charge in [-0.2, -0.15) is 0 Å². The fourth-order valence-electron chi connectivity index (χ4n) is 3.24. The summed E-state index contributed by atoms with van der Waals surface area (Å²) in [5, 5.41) is 0.0507. The number of benzene rings is 2. The normalized spacial score (nSPS) is 13.8. The van der Waals surface area contributed by atoms with Crippen LogP contribution in [0.15, 0.2) is 65.6 Å². The predicted molar refractivity (Wildman–Crippen MR) is 131 cm³/mol. The molecule has 0 aromatic heterocycles. The standard InChI is InChI=1S/C27H36O4S/c1-26(2,3)30-24(28)18-17-21(25(29)31-27(4,5)6)19-23(20-13-9-7-10-14-20)32-22-15-11-8-12-16-22/h7-16,21,23H,17-19H2,1-6H3. The zero-order chi connectivity index (χ0) is 23.8. The van der Waals surface area contributed by atoms with Gasteiger partial charge in [-0.25, -0.2) is 0 Å². The van der Waals surface area contributed by atoms with Gasteiger partial charge >= 0.3 is 11.9 Å². The molecule has 0 heterocycles. The number of carbonyl (C=O) groups is 2. The van der Waals surface area contributed by atoms with Crippen LogP contribution in [0.5, 0.6) is 0 Å². The summed E-state index contributed by atoms with van der Waals surface area (Å²) in [6.45, 7) is 11.1. The van der Waals surface area contributed by atoms with E-state index in [1.807, 2.05) is 77.9 Å². The molecule has 2 unspecified atom stereocenters. The van der Waals surface area contributed by atoms with Gasteiger partial charge in [0, 0.05) is 16.6 Å². The van der Waals surface area contributed by atoms with Gasteiger partial charge in [0.25, 0.3) is 0 Å². The number of ether oxygens (including phenoxy) is 2. The summed E-state index contributed by atoms with van der Waals surface area (Å²) >= 11 is 1.73. The number of thioether (sulfide) groups is 1. The van der Waals surface area contributed by atoms with E-state index in [0.29, 0.717) is 12.8 Å².